The normalized spacial score (nSPS) is 19.6. The van der Waals surface area contributed by atoms with Gasteiger partial charge in [0.1, 0.15) is 12.2 Å². The van der Waals surface area contributed by atoms with Crippen molar-refractivity contribution in [3.8, 4) is 0 Å². The van der Waals surface area contributed by atoms with Crippen molar-refractivity contribution < 1.29 is 4.74 Å². The minimum absolute atomic E-state index is 0.0305. The highest BCUT2D eigenvalue weighted by molar-refractivity contribution is 5.02. The average molecular weight is 280 g/mol. The van der Waals surface area contributed by atoms with Gasteiger partial charge in [0, 0.05) is 25.1 Å². The van der Waals surface area contributed by atoms with E-state index >= 15 is 0 Å². The molecular formula is C15H28N4O. The summed E-state index contributed by atoms with van der Waals surface area (Å²) in [5.41, 5.74) is -0.0305. The topological polar surface area (TPSA) is 52.0 Å². The van der Waals surface area contributed by atoms with Gasteiger partial charge in [-0.25, -0.2) is 9.67 Å². The molecule has 1 saturated carbocycles. The molecule has 1 aromatic rings. The molecule has 0 saturated heterocycles. The fraction of sp³-hybridized carbons (Fsp3) is 0.867. The highest BCUT2D eigenvalue weighted by Gasteiger charge is 2.42. The van der Waals surface area contributed by atoms with Crippen molar-refractivity contribution >= 4 is 0 Å². The summed E-state index contributed by atoms with van der Waals surface area (Å²) in [4.78, 5) is 4.44. The zero-order valence-corrected chi connectivity index (χ0v) is 13.2. The van der Waals surface area contributed by atoms with Crippen LogP contribution >= 0.6 is 0 Å². The Morgan fingerprint density at radius 2 is 2.10 bits per heavy atom. The molecule has 0 bridgehead atoms. The van der Waals surface area contributed by atoms with Crippen LogP contribution in [0, 0.1) is 0 Å². The lowest BCUT2D eigenvalue weighted by Gasteiger charge is -2.37. The molecule has 1 heterocycles. The van der Waals surface area contributed by atoms with Crippen LogP contribution in [0.25, 0.3) is 0 Å². The van der Waals surface area contributed by atoms with Crippen LogP contribution in [0.4, 0.5) is 0 Å². The lowest BCUT2D eigenvalue weighted by atomic mass is 9.89. The lowest BCUT2D eigenvalue weighted by Crippen LogP contribution is -2.51. The number of nitrogens with zero attached hydrogens (tertiary/aromatic N) is 3. The highest BCUT2D eigenvalue weighted by atomic mass is 16.5. The Morgan fingerprint density at radius 1 is 1.40 bits per heavy atom. The van der Waals surface area contributed by atoms with Gasteiger partial charge in [0.2, 0.25) is 0 Å². The smallest absolute Gasteiger partial charge is 0.138 e. The first-order valence-electron chi connectivity index (χ1n) is 7.82. The van der Waals surface area contributed by atoms with E-state index in [-0.39, 0.29) is 5.60 Å². The van der Waals surface area contributed by atoms with Crippen LogP contribution in [-0.4, -0.2) is 40.1 Å². The van der Waals surface area contributed by atoms with Crippen molar-refractivity contribution in [3.05, 3.63) is 12.2 Å². The fourth-order valence-corrected chi connectivity index (χ4v) is 3.44. The molecule has 114 valence electrons. The zero-order chi connectivity index (χ0) is 14.6. The third-order valence-corrected chi connectivity index (χ3v) is 4.39. The molecule has 5 nitrogen and oxygen atoms in total. The first-order valence-corrected chi connectivity index (χ1v) is 7.82. The molecule has 1 aromatic heterocycles. The molecule has 1 fully saturated rings. The first-order chi connectivity index (χ1) is 9.63. The summed E-state index contributed by atoms with van der Waals surface area (Å²) in [7, 11) is 2.03. The first kappa shape index (κ1) is 15.4. The third-order valence-electron chi connectivity index (χ3n) is 4.39. The molecule has 5 heteroatoms. The Bertz CT molecular complexity index is 410. The van der Waals surface area contributed by atoms with E-state index in [0.29, 0.717) is 12.1 Å². The fourth-order valence-electron chi connectivity index (χ4n) is 3.44. The van der Waals surface area contributed by atoms with Gasteiger partial charge in [0.25, 0.3) is 0 Å². The maximum absolute atomic E-state index is 6.17. The molecule has 0 radical (unpaired) electrons. The summed E-state index contributed by atoms with van der Waals surface area (Å²) in [5, 5.41) is 7.80. The SMILES string of the molecule is CCOC1(C(Cc2ncnn2C(C)C)NC)CCCC1. The summed E-state index contributed by atoms with van der Waals surface area (Å²) in [5.74, 6) is 1.05. The zero-order valence-electron chi connectivity index (χ0n) is 13.2. The van der Waals surface area contributed by atoms with Crippen LogP contribution in [0.15, 0.2) is 6.33 Å². The van der Waals surface area contributed by atoms with Gasteiger partial charge in [0.15, 0.2) is 0 Å². The summed E-state index contributed by atoms with van der Waals surface area (Å²) in [6, 6.07) is 0.642. The van der Waals surface area contributed by atoms with Crippen LogP contribution < -0.4 is 5.32 Å². The highest BCUT2D eigenvalue weighted by Crippen LogP contribution is 2.37. The molecule has 1 aliphatic rings. The van der Waals surface area contributed by atoms with Gasteiger partial charge in [-0.2, -0.15) is 5.10 Å². The standard InChI is InChI=1S/C15H28N4O/c1-5-20-15(8-6-7-9-15)13(16-4)10-14-17-11-18-19(14)12(2)3/h11-13,16H,5-10H2,1-4H3. The van der Waals surface area contributed by atoms with Crippen LogP contribution in [0.2, 0.25) is 0 Å². The van der Waals surface area contributed by atoms with E-state index in [1.165, 1.54) is 12.8 Å². The van der Waals surface area contributed by atoms with Gasteiger partial charge in [0.05, 0.1) is 5.60 Å². The Kier molecular flexibility index (Phi) is 5.16. The molecule has 0 aromatic carbocycles. The molecule has 1 unspecified atom stereocenters. The van der Waals surface area contributed by atoms with Gasteiger partial charge < -0.3 is 10.1 Å². The molecule has 1 N–H and O–H groups in total. The largest absolute Gasteiger partial charge is 0.374 e. The van der Waals surface area contributed by atoms with E-state index in [9.17, 15) is 0 Å². The Hall–Kier alpha value is -0.940. The van der Waals surface area contributed by atoms with Crippen molar-refractivity contribution in [1.29, 1.82) is 0 Å². The molecule has 1 aliphatic carbocycles. The predicted octanol–water partition coefficient (Wildman–Crippen LogP) is 2.34. The van der Waals surface area contributed by atoms with E-state index < -0.39 is 0 Å². The molecule has 2 rings (SSSR count). The van der Waals surface area contributed by atoms with Gasteiger partial charge in [-0.05, 0) is 40.7 Å². The van der Waals surface area contributed by atoms with E-state index in [2.05, 4.69) is 36.2 Å². The molecule has 0 spiro atoms. The Morgan fingerprint density at radius 3 is 2.65 bits per heavy atom. The second kappa shape index (κ2) is 6.68. The van der Waals surface area contributed by atoms with E-state index in [4.69, 9.17) is 4.74 Å². The quantitative estimate of drug-likeness (QED) is 0.833. The Balaban J connectivity index is 2.17. The van der Waals surface area contributed by atoms with Crippen molar-refractivity contribution in [2.75, 3.05) is 13.7 Å². The van der Waals surface area contributed by atoms with Crippen LogP contribution in [0.5, 0.6) is 0 Å². The average Bonchev–Trinajstić information content (AvgIpc) is 3.05. The van der Waals surface area contributed by atoms with Gasteiger partial charge in [-0.1, -0.05) is 12.8 Å². The van der Waals surface area contributed by atoms with Gasteiger partial charge >= 0.3 is 0 Å². The molecular weight excluding hydrogens is 252 g/mol. The number of aromatic nitrogens is 3. The van der Waals surface area contributed by atoms with Crippen LogP contribution in [-0.2, 0) is 11.2 Å². The molecule has 0 aliphatic heterocycles. The molecule has 20 heavy (non-hydrogen) atoms. The number of ether oxygens (including phenoxy) is 1. The number of nitrogens with one attached hydrogen (secondary N) is 1. The second-order valence-electron chi connectivity index (χ2n) is 5.96. The van der Waals surface area contributed by atoms with Crippen molar-refractivity contribution in [2.45, 2.75) is 70.6 Å². The number of likely N-dealkylation sites (N-methyl/N-ethyl adjacent to an activating group) is 1. The lowest BCUT2D eigenvalue weighted by molar-refractivity contribution is -0.0603. The monoisotopic (exact) mass is 280 g/mol. The summed E-state index contributed by atoms with van der Waals surface area (Å²) in [6.45, 7) is 7.14. The minimum atomic E-state index is -0.0305. The van der Waals surface area contributed by atoms with E-state index in [0.717, 1.165) is 31.7 Å². The van der Waals surface area contributed by atoms with Crippen LogP contribution in [0.3, 0.4) is 0 Å². The van der Waals surface area contributed by atoms with Crippen LogP contribution in [0.1, 0.15) is 58.3 Å². The third kappa shape index (κ3) is 3.04. The number of hydrogen-bond donors (Lipinski definition) is 1. The molecule has 1 atom stereocenters. The van der Waals surface area contributed by atoms with E-state index in [1.54, 1.807) is 6.33 Å². The summed E-state index contributed by atoms with van der Waals surface area (Å²) < 4.78 is 8.19. The van der Waals surface area contributed by atoms with Crippen molar-refractivity contribution in [3.63, 3.8) is 0 Å². The maximum atomic E-state index is 6.17. The van der Waals surface area contributed by atoms with E-state index in [1.807, 2.05) is 11.7 Å². The summed E-state index contributed by atoms with van der Waals surface area (Å²) in [6.07, 6.45) is 7.33. The van der Waals surface area contributed by atoms with Crippen molar-refractivity contribution in [2.24, 2.45) is 0 Å². The summed E-state index contributed by atoms with van der Waals surface area (Å²) >= 11 is 0. The maximum Gasteiger partial charge on any atom is 0.138 e. The number of hydrogen-bond acceptors (Lipinski definition) is 4. The predicted molar refractivity (Wildman–Crippen MR) is 79.8 cm³/mol. The van der Waals surface area contributed by atoms with Gasteiger partial charge in [-0.3, -0.25) is 0 Å². The number of rotatable bonds is 7. The molecule has 0 amide bonds. The van der Waals surface area contributed by atoms with Gasteiger partial charge in [-0.15, -0.1) is 0 Å². The second-order valence-corrected chi connectivity index (χ2v) is 5.96. The van der Waals surface area contributed by atoms with Crippen molar-refractivity contribution in [1.82, 2.24) is 20.1 Å². The minimum Gasteiger partial charge on any atom is -0.374 e. The Labute approximate surface area is 122 Å².